The minimum Gasteiger partial charge on any atom is -0.480 e. The Labute approximate surface area is 128 Å². The molecule has 1 N–H and O–H groups in total. The van der Waals surface area contributed by atoms with E-state index in [1.165, 1.54) is 24.3 Å². The monoisotopic (exact) mass is 333 g/mol. The van der Waals surface area contributed by atoms with E-state index >= 15 is 0 Å². The number of halogens is 1. The molecular formula is C13H16ClNO5S. The standard InChI is InChI=1S/C13H16ClNO5S/c14-10-3-5-11(6-4-10)15(8-13(16)17)21(18,19)9-12-2-1-7-20-12/h3-6,12H,1-2,7-9H2,(H,16,17). The van der Waals surface area contributed by atoms with Gasteiger partial charge in [-0.2, -0.15) is 0 Å². The molecule has 1 unspecified atom stereocenters. The second-order valence-electron chi connectivity index (χ2n) is 4.79. The molecule has 6 nitrogen and oxygen atoms in total. The van der Waals surface area contributed by atoms with Crippen LogP contribution in [0.15, 0.2) is 24.3 Å². The maximum absolute atomic E-state index is 12.5. The van der Waals surface area contributed by atoms with Crippen LogP contribution >= 0.6 is 11.6 Å². The summed E-state index contributed by atoms with van der Waals surface area (Å²) in [5.41, 5.74) is 0.278. The van der Waals surface area contributed by atoms with Crippen LogP contribution in [0.2, 0.25) is 5.02 Å². The number of hydrogen-bond acceptors (Lipinski definition) is 4. The SMILES string of the molecule is O=C(O)CN(c1ccc(Cl)cc1)S(=O)(=O)CC1CCCO1. The van der Waals surface area contributed by atoms with Crippen LogP contribution < -0.4 is 4.31 Å². The molecule has 0 saturated carbocycles. The van der Waals surface area contributed by atoms with Gasteiger partial charge in [0.05, 0.1) is 17.5 Å². The van der Waals surface area contributed by atoms with Gasteiger partial charge in [-0.3, -0.25) is 9.10 Å². The highest BCUT2D eigenvalue weighted by Crippen LogP contribution is 2.23. The minimum atomic E-state index is -3.78. The van der Waals surface area contributed by atoms with E-state index < -0.39 is 22.5 Å². The molecule has 0 aromatic heterocycles. The van der Waals surface area contributed by atoms with Gasteiger partial charge in [0.2, 0.25) is 10.0 Å². The zero-order chi connectivity index (χ0) is 15.5. The van der Waals surface area contributed by atoms with Gasteiger partial charge in [-0.05, 0) is 37.1 Å². The zero-order valence-corrected chi connectivity index (χ0v) is 12.8. The normalized spacial score (nSPS) is 18.6. The van der Waals surface area contributed by atoms with Gasteiger partial charge < -0.3 is 9.84 Å². The number of aliphatic carboxylic acids is 1. The van der Waals surface area contributed by atoms with Crippen molar-refractivity contribution in [1.29, 1.82) is 0 Å². The van der Waals surface area contributed by atoms with Crippen LogP contribution in [0.3, 0.4) is 0 Å². The van der Waals surface area contributed by atoms with Crippen molar-refractivity contribution in [3.8, 4) is 0 Å². The molecule has 1 atom stereocenters. The van der Waals surface area contributed by atoms with Gasteiger partial charge in [0.25, 0.3) is 0 Å². The number of ether oxygens (including phenoxy) is 1. The fourth-order valence-corrected chi connectivity index (χ4v) is 3.97. The maximum atomic E-state index is 12.5. The molecule has 1 saturated heterocycles. The third kappa shape index (κ3) is 4.33. The third-order valence-corrected chi connectivity index (χ3v) is 5.21. The molecular weight excluding hydrogens is 318 g/mol. The first-order chi connectivity index (χ1) is 9.88. The van der Waals surface area contributed by atoms with E-state index in [1.54, 1.807) is 0 Å². The Hall–Kier alpha value is -1.31. The predicted molar refractivity (Wildman–Crippen MR) is 79.2 cm³/mol. The summed E-state index contributed by atoms with van der Waals surface area (Å²) in [5, 5.41) is 9.41. The molecule has 8 heteroatoms. The molecule has 1 aromatic carbocycles. The highest BCUT2D eigenvalue weighted by molar-refractivity contribution is 7.92. The van der Waals surface area contributed by atoms with Crippen LogP contribution in [0, 0.1) is 0 Å². The molecule has 0 radical (unpaired) electrons. The van der Waals surface area contributed by atoms with Crippen LogP contribution in [0.4, 0.5) is 5.69 Å². The summed E-state index contributed by atoms with van der Waals surface area (Å²) in [7, 11) is -3.78. The molecule has 116 valence electrons. The van der Waals surface area contributed by atoms with E-state index in [1.807, 2.05) is 0 Å². The lowest BCUT2D eigenvalue weighted by atomic mass is 10.3. The second kappa shape index (κ2) is 6.64. The molecule has 0 amide bonds. The van der Waals surface area contributed by atoms with Crippen LogP contribution in [0.5, 0.6) is 0 Å². The summed E-state index contributed by atoms with van der Waals surface area (Å²) in [6.45, 7) is -0.0866. The number of hydrogen-bond donors (Lipinski definition) is 1. The Morgan fingerprint density at radius 3 is 2.57 bits per heavy atom. The number of benzene rings is 1. The van der Waals surface area contributed by atoms with Crippen LogP contribution in [-0.4, -0.2) is 44.5 Å². The summed E-state index contributed by atoms with van der Waals surface area (Å²) >= 11 is 5.77. The second-order valence-corrected chi connectivity index (χ2v) is 7.16. The fourth-order valence-electron chi connectivity index (χ4n) is 2.18. The lowest BCUT2D eigenvalue weighted by Gasteiger charge is -2.24. The van der Waals surface area contributed by atoms with Gasteiger partial charge in [0, 0.05) is 11.6 Å². The van der Waals surface area contributed by atoms with Gasteiger partial charge in [-0.15, -0.1) is 0 Å². The van der Waals surface area contributed by atoms with Crippen molar-refractivity contribution in [1.82, 2.24) is 0 Å². The van der Waals surface area contributed by atoms with Gasteiger partial charge in [-0.1, -0.05) is 11.6 Å². The van der Waals surface area contributed by atoms with Crippen molar-refractivity contribution in [2.45, 2.75) is 18.9 Å². The third-order valence-electron chi connectivity index (χ3n) is 3.15. The summed E-state index contributed by atoms with van der Waals surface area (Å²) in [5.74, 6) is -1.44. The lowest BCUT2D eigenvalue weighted by molar-refractivity contribution is -0.135. The smallest absolute Gasteiger partial charge is 0.324 e. The number of carboxylic acid groups (broad SMARTS) is 1. The van der Waals surface area contributed by atoms with E-state index in [0.717, 1.165) is 10.7 Å². The number of anilines is 1. The summed E-state index contributed by atoms with van der Waals surface area (Å²) in [4.78, 5) is 11.0. The molecule has 0 spiro atoms. The molecule has 0 bridgehead atoms. The van der Waals surface area contributed by atoms with Crippen molar-refractivity contribution in [3.63, 3.8) is 0 Å². The highest BCUT2D eigenvalue weighted by Gasteiger charge is 2.30. The van der Waals surface area contributed by atoms with Crippen molar-refractivity contribution >= 4 is 33.3 Å². The first kappa shape index (κ1) is 16.1. The van der Waals surface area contributed by atoms with Crippen molar-refractivity contribution in [2.24, 2.45) is 0 Å². The molecule has 1 aromatic rings. The molecule has 0 aliphatic carbocycles. The van der Waals surface area contributed by atoms with Crippen molar-refractivity contribution in [3.05, 3.63) is 29.3 Å². The van der Waals surface area contributed by atoms with Crippen LogP contribution in [-0.2, 0) is 19.6 Å². The van der Waals surface area contributed by atoms with Crippen molar-refractivity contribution in [2.75, 3.05) is 23.2 Å². The quantitative estimate of drug-likeness (QED) is 0.857. The molecule has 2 rings (SSSR count). The molecule has 1 aliphatic heterocycles. The lowest BCUT2D eigenvalue weighted by Crippen LogP contribution is -2.40. The van der Waals surface area contributed by atoms with Gasteiger partial charge in [-0.25, -0.2) is 8.42 Å². The van der Waals surface area contributed by atoms with Gasteiger partial charge >= 0.3 is 5.97 Å². The Kier molecular flexibility index (Phi) is 5.08. The predicted octanol–water partition coefficient (Wildman–Crippen LogP) is 1.74. The first-order valence-electron chi connectivity index (χ1n) is 6.48. The Morgan fingerprint density at radius 2 is 2.05 bits per heavy atom. The van der Waals surface area contributed by atoms with E-state index in [9.17, 15) is 13.2 Å². The van der Waals surface area contributed by atoms with Crippen LogP contribution in [0.25, 0.3) is 0 Å². The largest absolute Gasteiger partial charge is 0.480 e. The van der Waals surface area contributed by atoms with Crippen molar-refractivity contribution < 1.29 is 23.1 Å². The Morgan fingerprint density at radius 1 is 1.38 bits per heavy atom. The van der Waals surface area contributed by atoms with Gasteiger partial charge in [0.15, 0.2) is 0 Å². The fraction of sp³-hybridized carbons (Fsp3) is 0.462. The molecule has 21 heavy (non-hydrogen) atoms. The number of carboxylic acids is 1. The van der Waals surface area contributed by atoms with E-state index in [4.69, 9.17) is 21.4 Å². The topological polar surface area (TPSA) is 83.9 Å². The average molecular weight is 334 g/mol. The van der Waals surface area contributed by atoms with E-state index in [2.05, 4.69) is 0 Å². The molecule has 1 fully saturated rings. The van der Waals surface area contributed by atoms with Crippen LogP contribution in [0.1, 0.15) is 12.8 Å². The highest BCUT2D eigenvalue weighted by atomic mass is 35.5. The number of carbonyl (C=O) groups is 1. The number of sulfonamides is 1. The Bertz CT molecular complexity index is 595. The summed E-state index contributed by atoms with van der Waals surface area (Å²) in [6, 6.07) is 6.01. The maximum Gasteiger partial charge on any atom is 0.324 e. The van der Waals surface area contributed by atoms with E-state index in [-0.39, 0.29) is 17.5 Å². The summed E-state index contributed by atoms with van der Waals surface area (Å²) in [6.07, 6.45) is 1.11. The Balaban J connectivity index is 2.25. The first-order valence-corrected chi connectivity index (χ1v) is 8.46. The summed E-state index contributed by atoms with van der Waals surface area (Å²) < 4.78 is 31.1. The molecule has 1 aliphatic rings. The number of rotatable bonds is 6. The zero-order valence-electron chi connectivity index (χ0n) is 11.2. The molecule has 1 heterocycles. The average Bonchev–Trinajstić information content (AvgIpc) is 2.89. The van der Waals surface area contributed by atoms with E-state index in [0.29, 0.717) is 18.1 Å². The number of nitrogens with zero attached hydrogens (tertiary/aromatic N) is 1. The minimum absolute atomic E-state index is 0.219. The van der Waals surface area contributed by atoms with Gasteiger partial charge in [0.1, 0.15) is 6.54 Å².